The summed E-state index contributed by atoms with van der Waals surface area (Å²) in [5.74, 6) is 0.0994. The molecule has 0 unspecified atom stereocenters. The summed E-state index contributed by atoms with van der Waals surface area (Å²) in [6.45, 7) is 2.27. The fourth-order valence-corrected chi connectivity index (χ4v) is 7.33. The van der Waals surface area contributed by atoms with Gasteiger partial charge in [0, 0.05) is 42.5 Å². The molecule has 31 heavy (non-hydrogen) atoms. The molecule has 1 aromatic carbocycles. The molecule has 166 valence electrons. The standard InChI is InChI=1S/C23H28N2O4S2/c26-21(24-15-11-19(12-16-24)23(27)18-7-3-1-4-8-18)17-20-9-10-22(30-20)31(28,29)25-13-5-2-6-14-25/h1,3-4,7-10,19H,2,5-6,11-17H2. The van der Waals surface area contributed by atoms with Crippen LogP contribution < -0.4 is 0 Å². The van der Waals surface area contributed by atoms with Crippen molar-refractivity contribution in [1.29, 1.82) is 0 Å². The van der Waals surface area contributed by atoms with Crippen molar-refractivity contribution < 1.29 is 18.0 Å². The van der Waals surface area contributed by atoms with E-state index in [1.807, 2.05) is 30.3 Å². The first kappa shape index (κ1) is 22.2. The van der Waals surface area contributed by atoms with E-state index in [4.69, 9.17) is 0 Å². The number of Topliss-reactive ketones (excluding diaryl/α,β-unsaturated/α-hetero) is 1. The number of carbonyl (C=O) groups excluding carboxylic acids is 2. The highest BCUT2D eigenvalue weighted by Crippen LogP contribution is 2.28. The average Bonchev–Trinajstić information content (AvgIpc) is 3.29. The van der Waals surface area contributed by atoms with Crippen LogP contribution in [-0.2, 0) is 21.2 Å². The number of benzene rings is 1. The van der Waals surface area contributed by atoms with E-state index in [1.54, 1.807) is 21.3 Å². The molecule has 2 aliphatic rings. The summed E-state index contributed by atoms with van der Waals surface area (Å²) in [5, 5.41) is 0. The SMILES string of the molecule is O=C(c1ccccc1)C1CCN(C(=O)Cc2ccc(S(=O)(=O)N3CCCCC3)s2)CC1. The Hall–Kier alpha value is -2.03. The van der Waals surface area contributed by atoms with Crippen LogP contribution in [0.1, 0.15) is 47.3 Å². The summed E-state index contributed by atoms with van der Waals surface area (Å²) in [4.78, 5) is 28.0. The first-order valence-electron chi connectivity index (χ1n) is 10.9. The van der Waals surface area contributed by atoms with Gasteiger partial charge in [0.15, 0.2) is 5.78 Å². The van der Waals surface area contributed by atoms with Gasteiger partial charge in [-0.1, -0.05) is 36.8 Å². The largest absolute Gasteiger partial charge is 0.342 e. The van der Waals surface area contributed by atoms with Gasteiger partial charge in [-0.15, -0.1) is 11.3 Å². The Balaban J connectivity index is 1.32. The number of amides is 1. The minimum Gasteiger partial charge on any atom is -0.342 e. The Labute approximate surface area is 187 Å². The van der Waals surface area contributed by atoms with Gasteiger partial charge in [0.05, 0.1) is 6.42 Å². The number of thiophene rings is 1. The number of likely N-dealkylation sites (tertiary alicyclic amines) is 1. The summed E-state index contributed by atoms with van der Waals surface area (Å²) in [6, 6.07) is 12.7. The number of hydrogen-bond acceptors (Lipinski definition) is 5. The Morgan fingerprint density at radius 2 is 1.58 bits per heavy atom. The number of nitrogens with zero attached hydrogens (tertiary/aromatic N) is 2. The van der Waals surface area contributed by atoms with Crippen LogP contribution in [0.3, 0.4) is 0 Å². The van der Waals surface area contributed by atoms with Gasteiger partial charge in [-0.3, -0.25) is 9.59 Å². The summed E-state index contributed by atoms with van der Waals surface area (Å²) < 4.78 is 27.5. The third-order valence-corrected chi connectivity index (χ3v) is 9.60. The second-order valence-electron chi connectivity index (χ2n) is 8.25. The number of hydrogen-bond donors (Lipinski definition) is 0. The number of rotatable bonds is 6. The van der Waals surface area contributed by atoms with Crippen molar-refractivity contribution in [3.8, 4) is 0 Å². The van der Waals surface area contributed by atoms with Crippen LogP contribution in [0.4, 0.5) is 0 Å². The Morgan fingerprint density at radius 3 is 2.26 bits per heavy atom. The fourth-order valence-electron chi connectivity index (χ4n) is 4.31. The van der Waals surface area contributed by atoms with Crippen LogP contribution in [0.15, 0.2) is 46.7 Å². The van der Waals surface area contributed by atoms with Gasteiger partial charge < -0.3 is 4.90 Å². The molecule has 8 heteroatoms. The van der Waals surface area contributed by atoms with Crippen LogP contribution >= 0.6 is 11.3 Å². The summed E-state index contributed by atoms with van der Waals surface area (Å²) in [7, 11) is -3.46. The van der Waals surface area contributed by atoms with Crippen LogP contribution in [0.2, 0.25) is 0 Å². The van der Waals surface area contributed by atoms with Crippen molar-refractivity contribution >= 4 is 33.1 Å². The zero-order valence-corrected chi connectivity index (χ0v) is 19.2. The molecule has 1 amide bonds. The molecule has 0 atom stereocenters. The highest BCUT2D eigenvalue weighted by molar-refractivity contribution is 7.91. The Bertz CT molecular complexity index is 1020. The molecule has 2 fully saturated rings. The highest BCUT2D eigenvalue weighted by atomic mass is 32.2. The number of carbonyl (C=O) groups is 2. The van der Waals surface area contributed by atoms with Crippen LogP contribution in [0.5, 0.6) is 0 Å². The molecule has 6 nitrogen and oxygen atoms in total. The van der Waals surface area contributed by atoms with Gasteiger partial charge in [-0.05, 0) is 37.8 Å². The average molecular weight is 461 g/mol. The Morgan fingerprint density at radius 1 is 0.903 bits per heavy atom. The maximum absolute atomic E-state index is 12.8. The van der Waals surface area contributed by atoms with Gasteiger partial charge in [-0.25, -0.2) is 8.42 Å². The van der Waals surface area contributed by atoms with E-state index < -0.39 is 10.0 Å². The lowest BCUT2D eigenvalue weighted by Crippen LogP contribution is -2.40. The van der Waals surface area contributed by atoms with Crippen LogP contribution in [0.25, 0.3) is 0 Å². The highest BCUT2D eigenvalue weighted by Gasteiger charge is 2.30. The third-order valence-electron chi connectivity index (χ3n) is 6.15. The predicted octanol–water partition coefficient (Wildman–Crippen LogP) is 3.59. The minimum absolute atomic E-state index is 0.00520. The molecule has 2 aliphatic heterocycles. The third kappa shape index (κ3) is 5.07. The van der Waals surface area contributed by atoms with Crippen molar-refractivity contribution in [1.82, 2.24) is 9.21 Å². The van der Waals surface area contributed by atoms with Gasteiger partial charge in [0.1, 0.15) is 4.21 Å². The maximum atomic E-state index is 12.8. The van der Waals surface area contributed by atoms with E-state index in [-0.39, 0.29) is 24.0 Å². The van der Waals surface area contributed by atoms with E-state index in [9.17, 15) is 18.0 Å². The van der Waals surface area contributed by atoms with Crippen molar-refractivity contribution in [3.05, 3.63) is 52.9 Å². The molecule has 1 aromatic heterocycles. The minimum atomic E-state index is -3.46. The molecular weight excluding hydrogens is 432 g/mol. The van der Waals surface area contributed by atoms with Gasteiger partial charge in [0.2, 0.25) is 5.91 Å². The van der Waals surface area contributed by atoms with E-state index in [0.717, 1.165) is 29.7 Å². The molecule has 0 bridgehead atoms. The molecule has 0 saturated carbocycles. The molecule has 3 heterocycles. The summed E-state index contributed by atoms with van der Waals surface area (Å²) >= 11 is 1.20. The van der Waals surface area contributed by atoms with Crippen LogP contribution in [-0.4, -0.2) is 55.5 Å². The zero-order valence-electron chi connectivity index (χ0n) is 17.5. The Kier molecular flexibility index (Phi) is 6.89. The smallest absolute Gasteiger partial charge is 0.252 e. The van der Waals surface area contributed by atoms with Gasteiger partial charge >= 0.3 is 0 Å². The van der Waals surface area contributed by atoms with Crippen molar-refractivity contribution in [2.24, 2.45) is 5.92 Å². The first-order valence-corrected chi connectivity index (χ1v) is 13.2. The van der Waals surface area contributed by atoms with Gasteiger partial charge in [-0.2, -0.15) is 4.31 Å². The topological polar surface area (TPSA) is 74.8 Å². The lowest BCUT2D eigenvalue weighted by molar-refractivity contribution is -0.131. The predicted molar refractivity (Wildman–Crippen MR) is 121 cm³/mol. The molecule has 2 saturated heterocycles. The second-order valence-corrected chi connectivity index (χ2v) is 11.6. The van der Waals surface area contributed by atoms with E-state index in [2.05, 4.69) is 0 Å². The number of ketones is 1. The molecule has 2 aromatic rings. The molecule has 4 rings (SSSR count). The molecule has 0 aliphatic carbocycles. The zero-order chi connectivity index (χ0) is 21.8. The van der Waals surface area contributed by atoms with Gasteiger partial charge in [0.25, 0.3) is 10.0 Å². The fraction of sp³-hybridized carbons (Fsp3) is 0.478. The second kappa shape index (κ2) is 9.63. The van der Waals surface area contributed by atoms with E-state index >= 15 is 0 Å². The van der Waals surface area contributed by atoms with E-state index in [1.165, 1.54) is 11.3 Å². The monoisotopic (exact) mass is 460 g/mol. The summed E-state index contributed by atoms with van der Waals surface area (Å²) in [5.41, 5.74) is 0.730. The molecule has 0 radical (unpaired) electrons. The number of sulfonamides is 1. The van der Waals surface area contributed by atoms with E-state index in [0.29, 0.717) is 43.2 Å². The molecular formula is C23H28N2O4S2. The number of piperidine rings is 2. The van der Waals surface area contributed by atoms with Crippen LogP contribution in [0, 0.1) is 5.92 Å². The lowest BCUT2D eigenvalue weighted by atomic mass is 9.89. The first-order chi connectivity index (χ1) is 14.9. The molecule has 0 spiro atoms. The van der Waals surface area contributed by atoms with Crippen molar-refractivity contribution in [2.75, 3.05) is 26.2 Å². The maximum Gasteiger partial charge on any atom is 0.252 e. The quantitative estimate of drug-likeness (QED) is 0.618. The lowest BCUT2D eigenvalue weighted by Gasteiger charge is -2.31. The summed E-state index contributed by atoms with van der Waals surface area (Å²) in [6.07, 6.45) is 4.41. The van der Waals surface area contributed by atoms with Crippen molar-refractivity contribution in [2.45, 2.75) is 42.7 Å². The normalized spacial score (nSPS) is 18.8. The van der Waals surface area contributed by atoms with Crippen molar-refractivity contribution in [3.63, 3.8) is 0 Å². The molecule has 0 N–H and O–H groups in total.